The van der Waals surface area contributed by atoms with E-state index in [0.717, 1.165) is 24.7 Å². The van der Waals surface area contributed by atoms with E-state index in [0.29, 0.717) is 0 Å². The van der Waals surface area contributed by atoms with Crippen molar-refractivity contribution in [3.05, 3.63) is 48.8 Å². The van der Waals surface area contributed by atoms with Crippen LogP contribution in [0.25, 0.3) is 0 Å². The first kappa shape index (κ1) is 10.4. The molecule has 0 saturated heterocycles. The van der Waals surface area contributed by atoms with Gasteiger partial charge in [0.05, 0.1) is 0 Å². The molecule has 0 unspecified atom stereocenters. The SMILES string of the molecule is c1ccc(NCCNc2ccccn2)nc1. The van der Waals surface area contributed by atoms with E-state index >= 15 is 0 Å². The number of hydrogen-bond donors (Lipinski definition) is 2. The topological polar surface area (TPSA) is 49.8 Å². The van der Waals surface area contributed by atoms with Crippen LogP contribution in [0.4, 0.5) is 11.6 Å². The third kappa shape index (κ3) is 3.24. The summed E-state index contributed by atoms with van der Waals surface area (Å²) in [6.45, 7) is 1.63. The van der Waals surface area contributed by atoms with Crippen LogP contribution in [0.1, 0.15) is 0 Å². The van der Waals surface area contributed by atoms with E-state index in [4.69, 9.17) is 0 Å². The lowest BCUT2D eigenvalue weighted by molar-refractivity contribution is 1.04. The first-order valence-corrected chi connectivity index (χ1v) is 5.25. The minimum absolute atomic E-state index is 0.813. The highest BCUT2D eigenvalue weighted by Gasteiger charge is 1.92. The van der Waals surface area contributed by atoms with Gasteiger partial charge in [-0.05, 0) is 24.3 Å². The van der Waals surface area contributed by atoms with Crippen molar-refractivity contribution in [3.8, 4) is 0 Å². The molecule has 2 N–H and O–H groups in total. The number of nitrogens with zero attached hydrogens (tertiary/aromatic N) is 2. The molecule has 4 nitrogen and oxygen atoms in total. The van der Waals surface area contributed by atoms with E-state index in [9.17, 15) is 0 Å². The highest BCUT2D eigenvalue weighted by Crippen LogP contribution is 2.00. The summed E-state index contributed by atoms with van der Waals surface area (Å²) in [5, 5.41) is 6.43. The Labute approximate surface area is 94.8 Å². The molecule has 2 aromatic heterocycles. The molecule has 0 fully saturated rings. The fraction of sp³-hybridized carbons (Fsp3) is 0.167. The molecule has 2 rings (SSSR count). The highest BCUT2D eigenvalue weighted by molar-refractivity contribution is 5.35. The predicted molar refractivity (Wildman–Crippen MR) is 65.5 cm³/mol. The van der Waals surface area contributed by atoms with E-state index in [1.165, 1.54) is 0 Å². The van der Waals surface area contributed by atoms with Gasteiger partial charge in [0.15, 0.2) is 0 Å². The van der Waals surface area contributed by atoms with Crippen LogP contribution in [0.3, 0.4) is 0 Å². The number of nitrogens with one attached hydrogen (secondary N) is 2. The van der Waals surface area contributed by atoms with Gasteiger partial charge < -0.3 is 10.6 Å². The zero-order valence-electron chi connectivity index (χ0n) is 8.93. The first-order valence-electron chi connectivity index (χ1n) is 5.25. The summed E-state index contributed by atoms with van der Waals surface area (Å²) in [7, 11) is 0. The Kier molecular flexibility index (Phi) is 3.71. The van der Waals surface area contributed by atoms with Crippen molar-refractivity contribution in [2.24, 2.45) is 0 Å². The van der Waals surface area contributed by atoms with Crippen LogP contribution in [0.15, 0.2) is 48.8 Å². The average molecular weight is 214 g/mol. The van der Waals surface area contributed by atoms with Crippen LogP contribution in [-0.2, 0) is 0 Å². The predicted octanol–water partition coefficient (Wildman–Crippen LogP) is 2.00. The maximum absolute atomic E-state index is 4.17. The van der Waals surface area contributed by atoms with Gasteiger partial charge in [-0.3, -0.25) is 0 Å². The van der Waals surface area contributed by atoms with Crippen LogP contribution in [-0.4, -0.2) is 23.1 Å². The van der Waals surface area contributed by atoms with Crippen LogP contribution in [0, 0.1) is 0 Å². The van der Waals surface area contributed by atoms with Crippen molar-refractivity contribution in [3.63, 3.8) is 0 Å². The monoisotopic (exact) mass is 214 g/mol. The fourth-order valence-corrected chi connectivity index (χ4v) is 1.32. The molecule has 2 aromatic rings. The van der Waals surface area contributed by atoms with Gasteiger partial charge in [-0.1, -0.05) is 12.1 Å². The molecular formula is C12H14N4. The largest absolute Gasteiger partial charge is 0.368 e. The molecular weight excluding hydrogens is 200 g/mol. The van der Waals surface area contributed by atoms with Gasteiger partial charge in [-0.15, -0.1) is 0 Å². The molecule has 0 amide bonds. The van der Waals surface area contributed by atoms with Crippen molar-refractivity contribution in [2.75, 3.05) is 23.7 Å². The average Bonchev–Trinajstić information content (AvgIpc) is 2.37. The Hall–Kier alpha value is -2.10. The summed E-state index contributed by atoms with van der Waals surface area (Å²) in [5.41, 5.74) is 0. The van der Waals surface area contributed by atoms with Crippen molar-refractivity contribution in [1.29, 1.82) is 0 Å². The Bertz CT molecular complexity index is 360. The van der Waals surface area contributed by atoms with Crippen molar-refractivity contribution >= 4 is 11.6 Å². The number of anilines is 2. The van der Waals surface area contributed by atoms with E-state index in [1.807, 2.05) is 36.4 Å². The third-order valence-electron chi connectivity index (χ3n) is 2.07. The maximum Gasteiger partial charge on any atom is 0.125 e. The van der Waals surface area contributed by atoms with Crippen LogP contribution in [0.5, 0.6) is 0 Å². The number of rotatable bonds is 5. The minimum Gasteiger partial charge on any atom is -0.368 e. The lowest BCUT2D eigenvalue weighted by atomic mass is 10.4. The van der Waals surface area contributed by atoms with Crippen molar-refractivity contribution in [2.45, 2.75) is 0 Å². The zero-order valence-corrected chi connectivity index (χ0v) is 8.93. The van der Waals surface area contributed by atoms with Gasteiger partial charge in [0.2, 0.25) is 0 Å². The zero-order chi connectivity index (χ0) is 11.1. The van der Waals surface area contributed by atoms with Gasteiger partial charge in [-0.25, -0.2) is 9.97 Å². The fourth-order valence-electron chi connectivity index (χ4n) is 1.32. The second-order valence-electron chi connectivity index (χ2n) is 3.28. The van der Waals surface area contributed by atoms with E-state index < -0.39 is 0 Å². The van der Waals surface area contributed by atoms with Crippen LogP contribution < -0.4 is 10.6 Å². The standard InChI is InChI=1S/C12H14N4/c1-3-7-13-11(5-1)15-9-10-16-12-6-2-4-8-14-12/h1-8H,9-10H2,(H,13,15)(H,14,16). The van der Waals surface area contributed by atoms with Crippen molar-refractivity contribution in [1.82, 2.24) is 9.97 Å². The Morgan fingerprint density at radius 1 is 0.750 bits per heavy atom. The molecule has 16 heavy (non-hydrogen) atoms. The highest BCUT2D eigenvalue weighted by atomic mass is 15.0. The molecule has 0 atom stereocenters. The van der Waals surface area contributed by atoms with Gasteiger partial charge in [-0.2, -0.15) is 0 Å². The van der Waals surface area contributed by atoms with E-state index in [2.05, 4.69) is 20.6 Å². The third-order valence-corrected chi connectivity index (χ3v) is 2.07. The molecule has 0 radical (unpaired) electrons. The number of aromatic nitrogens is 2. The van der Waals surface area contributed by atoms with Crippen LogP contribution in [0.2, 0.25) is 0 Å². The summed E-state index contributed by atoms with van der Waals surface area (Å²) in [4.78, 5) is 8.34. The first-order chi connectivity index (χ1) is 7.95. The molecule has 4 heteroatoms. The van der Waals surface area contributed by atoms with Crippen molar-refractivity contribution < 1.29 is 0 Å². The minimum atomic E-state index is 0.813. The molecule has 0 aliphatic heterocycles. The molecule has 2 heterocycles. The molecule has 82 valence electrons. The molecule has 0 aliphatic carbocycles. The summed E-state index contributed by atoms with van der Waals surface area (Å²) < 4.78 is 0. The Morgan fingerprint density at radius 3 is 1.62 bits per heavy atom. The molecule has 0 aliphatic rings. The lowest BCUT2D eigenvalue weighted by Gasteiger charge is -2.06. The van der Waals surface area contributed by atoms with Gasteiger partial charge in [0, 0.05) is 25.5 Å². The smallest absolute Gasteiger partial charge is 0.125 e. The second-order valence-corrected chi connectivity index (χ2v) is 3.28. The number of pyridine rings is 2. The summed E-state index contributed by atoms with van der Waals surface area (Å²) in [6, 6.07) is 11.6. The molecule has 0 aromatic carbocycles. The summed E-state index contributed by atoms with van der Waals surface area (Å²) in [5.74, 6) is 1.79. The second kappa shape index (κ2) is 5.70. The van der Waals surface area contributed by atoms with Gasteiger partial charge >= 0.3 is 0 Å². The van der Waals surface area contributed by atoms with Crippen LogP contribution >= 0.6 is 0 Å². The number of hydrogen-bond acceptors (Lipinski definition) is 4. The normalized spacial score (nSPS) is 9.75. The summed E-state index contributed by atoms with van der Waals surface area (Å²) >= 11 is 0. The molecule has 0 bridgehead atoms. The lowest BCUT2D eigenvalue weighted by Crippen LogP contribution is -2.14. The van der Waals surface area contributed by atoms with Gasteiger partial charge in [0.1, 0.15) is 11.6 Å². The molecule has 0 saturated carbocycles. The Morgan fingerprint density at radius 2 is 1.25 bits per heavy atom. The van der Waals surface area contributed by atoms with E-state index in [1.54, 1.807) is 12.4 Å². The summed E-state index contributed by atoms with van der Waals surface area (Å²) in [6.07, 6.45) is 3.54. The quantitative estimate of drug-likeness (QED) is 0.747. The maximum atomic E-state index is 4.17. The molecule has 0 spiro atoms. The van der Waals surface area contributed by atoms with Gasteiger partial charge in [0.25, 0.3) is 0 Å². The van der Waals surface area contributed by atoms with E-state index in [-0.39, 0.29) is 0 Å². The Balaban J connectivity index is 1.70.